The highest BCUT2D eigenvalue weighted by Crippen LogP contribution is 2.25. The number of sulfone groups is 1. The summed E-state index contributed by atoms with van der Waals surface area (Å²) in [6.07, 6.45) is 0.280. The van der Waals surface area contributed by atoms with Crippen LogP contribution in [0.3, 0.4) is 0 Å². The van der Waals surface area contributed by atoms with E-state index in [1.54, 1.807) is 6.92 Å². The average Bonchev–Trinajstić information content (AvgIpc) is 2.52. The Morgan fingerprint density at radius 3 is 2.32 bits per heavy atom. The SMILES string of the molecule is CC1(NS(=O)(=O)c2ccc(Cl)cc2)CCS(=O)(=O)C1. The highest BCUT2D eigenvalue weighted by Gasteiger charge is 2.41. The van der Waals surface area contributed by atoms with Crippen LogP contribution in [-0.2, 0) is 19.9 Å². The van der Waals surface area contributed by atoms with Crippen LogP contribution in [0.2, 0.25) is 5.02 Å². The van der Waals surface area contributed by atoms with Crippen molar-refractivity contribution in [3.63, 3.8) is 0 Å². The molecule has 106 valence electrons. The van der Waals surface area contributed by atoms with Crippen molar-refractivity contribution in [1.29, 1.82) is 0 Å². The van der Waals surface area contributed by atoms with E-state index < -0.39 is 25.4 Å². The van der Waals surface area contributed by atoms with Gasteiger partial charge in [-0.15, -0.1) is 0 Å². The second kappa shape index (κ2) is 4.73. The molecule has 0 aromatic heterocycles. The normalized spacial score (nSPS) is 26.4. The Morgan fingerprint density at radius 2 is 1.84 bits per heavy atom. The van der Waals surface area contributed by atoms with Gasteiger partial charge in [0.25, 0.3) is 0 Å². The molecule has 1 aliphatic rings. The zero-order chi connectivity index (χ0) is 14.3. The van der Waals surface area contributed by atoms with Gasteiger partial charge in [0.15, 0.2) is 9.84 Å². The van der Waals surface area contributed by atoms with E-state index in [2.05, 4.69) is 4.72 Å². The van der Waals surface area contributed by atoms with Crippen molar-refractivity contribution in [2.24, 2.45) is 0 Å². The lowest BCUT2D eigenvalue weighted by Gasteiger charge is -2.23. The topological polar surface area (TPSA) is 80.3 Å². The minimum atomic E-state index is -3.74. The molecule has 1 saturated heterocycles. The minimum absolute atomic E-state index is 0.00659. The van der Waals surface area contributed by atoms with Crippen LogP contribution in [0.25, 0.3) is 0 Å². The van der Waals surface area contributed by atoms with Gasteiger partial charge in [-0.25, -0.2) is 21.6 Å². The molecule has 1 aromatic carbocycles. The molecule has 19 heavy (non-hydrogen) atoms. The van der Waals surface area contributed by atoms with Gasteiger partial charge in [-0.1, -0.05) is 11.6 Å². The highest BCUT2D eigenvalue weighted by molar-refractivity contribution is 7.92. The first-order valence-corrected chi connectivity index (χ1v) is 9.30. The smallest absolute Gasteiger partial charge is 0.229 e. The van der Waals surface area contributed by atoms with E-state index in [9.17, 15) is 16.8 Å². The molecule has 0 amide bonds. The monoisotopic (exact) mass is 323 g/mol. The molecule has 1 heterocycles. The van der Waals surface area contributed by atoms with Crippen LogP contribution in [0.5, 0.6) is 0 Å². The van der Waals surface area contributed by atoms with Crippen molar-refractivity contribution in [1.82, 2.24) is 4.72 Å². The Hall–Kier alpha value is -0.630. The van der Waals surface area contributed by atoms with Crippen LogP contribution >= 0.6 is 11.6 Å². The number of nitrogens with one attached hydrogen (secondary N) is 1. The maximum absolute atomic E-state index is 12.2. The fourth-order valence-electron chi connectivity index (χ4n) is 2.09. The Labute approximate surface area is 117 Å². The average molecular weight is 324 g/mol. The van der Waals surface area contributed by atoms with Crippen molar-refractivity contribution < 1.29 is 16.8 Å². The second-order valence-corrected chi connectivity index (χ2v) is 9.27. The maximum atomic E-state index is 12.2. The van der Waals surface area contributed by atoms with Gasteiger partial charge in [-0.3, -0.25) is 0 Å². The van der Waals surface area contributed by atoms with Crippen LogP contribution in [0.4, 0.5) is 0 Å². The van der Waals surface area contributed by atoms with Crippen LogP contribution in [0, 0.1) is 0 Å². The summed E-state index contributed by atoms with van der Waals surface area (Å²) in [5.74, 6) is -0.167. The Balaban J connectivity index is 2.25. The summed E-state index contributed by atoms with van der Waals surface area (Å²) in [6, 6.07) is 5.72. The first-order valence-electron chi connectivity index (χ1n) is 5.62. The lowest BCUT2D eigenvalue weighted by atomic mass is 10.0. The quantitative estimate of drug-likeness (QED) is 0.906. The van der Waals surface area contributed by atoms with Gasteiger partial charge in [0.1, 0.15) is 0 Å². The van der Waals surface area contributed by atoms with E-state index in [0.717, 1.165) is 0 Å². The first kappa shape index (κ1) is 14.8. The molecule has 8 heteroatoms. The molecule has 0 saturated carbocycles. The van der Waals surface area contributed by atoms with Gasteiger partial charge < -0.3 is 0 Å². The van der Waals surface area contributed by atoms with E-state index in [1.807, 2.05) is 0 Å². The van der Waals surface area contributed by atoms with Gasteiger partial charge in [0.2, 0.25) is 10.0 Å². The van der Waals surface area contributed by atoms with E-state index in [1.165, 1.54) is 24.3 Å². The lowest BCUT2D eigenvalue weighted by molar-refractivity contribution is 0.462. The summed E-state index contributed by atoms with van der Waals surface area (Å²) in [6.45, 7) is 1.60. The summed E-state index contributed by atoms with van der Waals surface area (Å²) < 4.78 is 49.7. The number of hydrogen-bond acceptors (Lipinski definition) is 4. The van der Waals surface area contributed by atoms with Crippen LogP contribution < -0.4 is 4.72 Å². The Morgan fingerprint density at radius 1 is 1.26 bits per heavy atom. The molecule has 0 radical (unpaired) electrons. The van der Waals surface area contributed by atoms with Gasteiger partial charge in [0.05, 0.1) is 16.4 Å². The Kier molecular flexibility index (Phi) is 3.68. The summed E-state index contributed by atoms with van der Waals surface area (Å²) in [7, 11) is -6.91. The molecule has 1 aromatic rings. The van der Waals surface area contributed by atoms with Crippen LogP contribution in [-0.4, -0.2) is 33.9 Å². The number of halogens is 1. The zero-order valence-corrected chi connectivity index (χ0v) is 12.6. The van der Waals surface area contributed by atoms with Crippen LogP contribution in [0.1, 0.15) is 13.3 Å². The Bertz CT molecular complexity index is 682. The predicted octanol–water partition coefficient (Wildman–Crippen LogP) is 1.20. The number of sulfonamides is 1. The molecular formula is C11H14ClNO4S2. The first-order chi connectivity index (χ1) is 8.62. The van der Waals surface area contributed by atoms with E-state index >= 15 is 0 Å². The van der Waals surface area contributed by atoms with Gasteiger partial charge in [-0.05, 0) is 37.6 Å². The molecule has 1 atom stereocenters. The van der Waals surface area contributed by atoms with Crippen molar-refractivity contribution in [3.8, 4) is 0 Å². The number of rotatable bonds is 3. The number of hydrogen-bond donors (Lipinski definition) is 1. The van der Waals surface area contributed by atoms with Crippen LogP contribution in [0.15, 0.2) is 29.2 Å². The lowest BCUT2D eigenvalue weighted by Crippen LogP contribution is -2.46. The summed E-state index contributed by atoms with van der Waals surface area (Å²) in [5, 5.41) is 0.439. The molecule has 0 bridgehead atoms. The molecule has 2 rings (SSSR count). The third kappa shape index (κ3) is 3.47. The molecule has 0 spiro atoms. The van der Waals surface area contributed by atoms with Crippen molar-refractivity contribution in [3.05, 3.63) is 29.3 Å². The molecule has 1 N–H and O–H groups in total. The standard InChI is InChI=1S/C11H14ClNO4S2/c1-11(6-7-18(14,15)8-11)13-19(16,17)10-4-2-9(12)3-5-10/h2-5,13H,6-8H2,1H3. The third-order valence-electron chi connectivity index (χ3n) is 3.01. The molecule has 0 aliphatic carbocycles. The summed E-state index contributed by atoms with van der Waals surface area (Å²) >= 11 is 5.70. The minimum Gasteiger partial charge on any atom is -0.229 e. The van der Waals surface area contributed by atoms with Crippen molar-refractivity contribution in [2.45, 2.75) is 23.8 Å². The third-order valence-corrected chi connectivity index (χ3v) is 6.82. The van der Waals surface area contributed by atoms with E-state index in [0.29, 0.717) is 5.02 Å². The largest absolute Gasteiger partial charge is 0.241 e. The number of benzene rings is 1. The van der Waals surface area contributed by atoms with E-state index in [4.69, 9.17) is 11.6 Å². The molecule has 5 nitrogen and oxygen atoms in total. The van der Waals surface area contributed by atoms with Gasteiger partial charge in [0, 0.05) is 10.6 Å². The fourth-order valence-corrected chi connectivity index (χ4v) is 5.83. The molecule has 1 fully saturated rings. The fraction of sp³-hybridized carbons (Fsp3) is 0.455. The highest BCUT2D eigenvalue weighted by atomic mass is 35.5. The molecule has 1 aliphatic heterocycles. The van der Waals surface area contributed by atoms with E-state index in [-0.39, 0.29) is 22.8 Å². The maximum Gasteiger partial charge on any atom is 0.241 e. The molecule has 1 unspecified atom stereocenters. The molecular weight excluding hydrogens is 310 g/mol. The zero-order valence-electron chi connectivity index (χ0n) is 10.3. The van der Waals surface area contributed by atoms with Crippen molar-refractivity contribution >= 4 is 31.5 Å². The summed E-state index contributed by atoms with van der Waals surface area (Å²) in [5.41, 5.74) is -0.947. The van der Waals surface area contributed by atoms with Gasteiger partial charge in [-0.2, -0.15) is 0 Å². The van der Waals surface area contributed by atoms with Gasteiger partial charge >= 0.3 is 0 Å². The predicted molar refractivity (Wildman–Crippen MR) is 73.4 cm³/mol. The second-order valence-electron chi connectivity index (χ2n) is 4.96. The van der Waals surface area contributed by atoms with Crippen molar-refractivity contribution in [2.75, 3.05) is 11.5 Å². The summed E-state index contributed by atoms with van der Waals surface area (Å²) in [4.78, 5) is 0.0717.